The quantitative estimate of drug-likeness (QED) is 0.555. The van der Waals surface area contributed by atoms with Crippen molar-refractivity contribution in [3.8, 4) is 0 Å². The van der Waals surface area contributed by atoms with E-state index in [0.29, 0.717) is 5.95 Å². The number of fused-ring (bicyclic) bond motifs is 3. The summed E-state index contributed by atoms with van der Waals surface area (Å²) in [4.78, 5) is 11.6. The zero-order chi connectivity index (χ0) is 19.7. The van der Waals surface area contributed by atoms with Gasteiger partial charge < -0.3 is 10.2 Å². The van der Waals surface area contributed by atoms with Crippen LogP contribution in [0.3, 0.4) is 0 Å². The van der Waals surface area contributed by atoms with Gasteiger partial charge in [0, 0.05) is 11.9 Å². The van der Waals surface area contributed by atoms with Crippen LogP contribution >= 0.6 is 0 Å². The third-order valence-corrected chi connectivity index (χ3v) is 5.13. The molecule has 1 atom stereocenters. The fourth-order valence-electron chi connectivity index (χ4n) is 3.54. The van der Waals surface area contributed by atoms with Crippen LogP contribution < -0.4 is 5.32 Å². The summed E-state index contributed by atoms with van der Waals surface area (Å²) >= 11 is 0. The number of aryl methyl sites for hydroxylation is 2. The van der Waals surface area contributed by atoms with E-state index in [4.69, 9.17) is 4.98 Å². The molecule has 6 heteroatoms. The minimum absolute atomic E-state index is 0.221. The molecule has 1 N–H and O–H groups in total. The molecule has 0 fully saturated rings. The van der Waals surface area contributed by atoms with Crippen molar-refractivity contribution in [2.24, 2.45) is 0 Å². The summed E-state index contributed by atoms with van der Waals surface area (Å²) in [7, 11) is 4.20. The summed E-state index contributed by atoms with van der Waals surface area (Å²) in [6.45, 7) is 4.80. The Morgan fingerprint density at radius 1 is 1.04 bits per heavy atom. The molecule has 0 aliphatic heterocycles. The lowest BCUT2D eigenvalue weighted by Crippen LogP contribution is -2.27. The predicted octanol–water partition coefficient (Wildman–Crippen LogP) is 3.86. The standard InChI is InChI=1S/C22H26N6/c1-5-16-10-12-17(13-11-16)20(27(3)4)14-23-22-25-19-9-7-6-8-18(19)21-24-15(2)26-28(21)22/h6-13,20H,5,14H2,1-4H3,(H,23,25). The van der Waals surface area contributed by atoms with E-state index in [0.717, 1.165) is 35.3 Å². The molecule has 0 amide bonds. The molecule has 28 heavy (non-hydrogen) atoms. The SMILES string of the molecule is CCc1ccc(C(CNc2nc3ccccc3c3nc(C)nn23)N(C)C)cc1. The van der Waals surface area contributed by atoms with Crippen LogP contribution in [0.2, 0.25) is 0 Å². The average Bonchev–Trinajstić information content (AvgIpc) is 3.10. The van der Waals surface area contributed by atoms with Crippen LogP contribution in [-0.2, 0) is 6.42 Å². The van der Waals surface area contributed by atoms with Gasteiger partial charge in [-0.1, -0.05) is 43.3 Å². The lowest BCUT2D eigenvalue weighted by Gasteiger charge is -2.25. The van der Waals surface area contributed by atoms with E-state index in [1.54, 1.807) is 0 Å². The molecule has 0 spiro atoms. The fraction of sp³-hybridized carbons (Fsp3) is 0.318. The molecule has 0 radical (unpaired) electrons. The van der Waals surface area contributed by atoms with Gasteiger partial charge in [0.25, 0.3) is 0 Å². The molecule has 2 heterocycles. The van der Waals surface area contributed by atoms with Crippen LogP contribution in [0.5, 0.6) is 0 Å². The Morgan fingerprint density at radius 2 is 1.79 bits per heavy atom. The predicted molar refractivity (Wildman–Crippen MR) is 114 cm³/mol. The summed E-state index contributed by atoms with van der Waals surface area (Å²) in [5.41, 5.74) is 4.38. The number of hydrogen-bond acceptors (Lipinski definition) is 5. The Morgan fingerprint density at radius 3 is 2.50 bits per heavy atom. The van der Waals surface area contributed by atoms with Crippen molar-refractivity contribution in [1.29, 1.82) is 0 Å². The zero-order valence-electron chi connectivity index (χ0n) is 16.8. The number of para-hydroxylation sites is 1. The molecule has 0 aliphatic carbocycles. The smallest absolute Gasteiger partial charge is 0.226 e. The van der Waals surface area contributed by atoms with Crippen molar-refractivity contribution in [2.45, 2.75) is 26.3 Å². The van der Waals surface area contributed by atoms with Gasteiger partial charge in [0.15, 0.2) is 5.65 Å². The third-order valence-electron chi connectivity index (χ3n) is 5.13. The molecule has 1 unspecified atom stereocenters. The Kier molecular flexibility index (Phi) is 4.96. The second-order valence-electron chi connectivity index (χ2n) is 7.30. The number of benzene rings is 2. The minimum Gasteiger partial charge on any atom is -0.352 e. The third kappa shape index (κ3) is 3.43. The summed E-state index contributed by atoms with van der Waals surface area (Å²) in [5.74, 6) is 1.45. The van der Waals surface area contributed by atoms with E-state index in [9.17, 15) is 0 Å². The lowest BCUT2D eigenvalue weighted by atomic mass is 10.0. The fourth-order valence-corrected chi connectivity index (χ4v) is 3.54. The molecule has 2 aromatic heterocycles. The molecule has 4 aromatic rings. The van der Waals surface area contributed by atoms with Crippen LogP contribution in [-0.4, -0.2) is 45.1 Å². The van der Waals surface area contributed by atoms with Crippen LogP contribution in [0.1, 0.15) is 29.9 Å². The molecule has 2 aromatic carbocycles. The summed E-state index contributed by atoms with van der Waals surface area (Å²) in [5, 5.41) is 9.07. The first kappa shape index (κ1) is 18.4. The highest BCUT2D eigenvalue weighted by Crippen LogP contribution is 2.23. The molecular weight excluding hydrogens is 348 g/mol. The van der Waals surface area contributed by atoms with Crippen LogP contribution in [0.15, 0.2) is 48.5 Å². The maximum atomic E-state index is 4.80. The van der Waals surface area contributed by atoms with Crippen LogP contribution in [0.4, 0.5) is 5.95 Å². The van der Waals surface area contributed by atoms with Crippen molar-refractivity contribution in [1.82, 2.24) is 24.5 Å². The molecule has 0 aliphatic rings. The van der Waals surface area contributed by atoms with Gasteiger partial charge in [-0.2, -0.15) is 4.52 Å². The Hall–Kier alpha value is -2.99. The van der Waals surface area contributed by atoms with Gasteiger partial charge in [0.1, 0.15) is 5.82 Å². The average molecular weight is 374 g/mol. The topological polar surface area (TPSA) is 58.4 Å². The summed E-state index contributed by atoms with van der Waals surface area (Å²) in [6, 6.07) is 17.1. The largest absolute Gasteiger partial charge is 0.352 e. The van der Waals surface area contributed by atoms with E-state index in [1.165, 1.54) is 11.1 Å². The van der Waals surface area contributed by atoms with Crippen molar-refractivity contribution in [3.63, 3.8) is 0 Å². The monoisotopic (exact) mass is 374 g/mol. The number of nitrogens with one attached hydrogen (secondary N) is 1. The number of rotatable bonds is 6. The number of nitrogens with zero attached hydrogens (tertiary/aromatic N) is 5. The van der Waals surface area contributed by atoms with E-state index in [2.05, 4.69) is 65.6 Å². The van der Waals surface area contributed by atoms with Crippen molar-refractivity contribution in [2.75, 3.05) is 26.0 Å². The normalized spacial score (nSPS) is 12.8. The molecule has 6 nitrogen and oxygen atoms in total. The highest BCUT2D eigenvalue weighted by molar-refractivity contribution is 5.92. The van der Waals surface area contributed by atoms with Crippen LogP contribution in [0, 0.1) is 6.92 Å². The lowest BCUT2D eigenvalue weighted by molar-refractivity contribution is 0.311. The van der Waals surface area contributed by atoms with Gasteiger partial charge in [-0.3, -0.25) is 0 Å². The second-order valence-corrected chi connectivity index (χ2v) is 7.30. The van der Waals surface area contributed by atoms with Gasteiger partial charge >= 0.3 is 0 Å². The highest BCUT2D eigenvalue weighted by atomic mass is 15.4. The number of aromatic nitrogens is 4. The molecule has 0 saturated heterocycles. The van der Waals surface area contributed by atoms with E-state index < -0.39 is 0 Å². The van der Waals surface area contributed by atoms with Gasteiger partial charge in [-0.05, 0) is 50.7 Å². The molecule has 4 rings (SSSR count). The van der Waals surface area contributed by atoms with Gasteiger partial charge in [0.2, 0.25) is 5.95 Å². The maximum Gasteiger partial charge on any atom is 0.226 e. The van der Waals surface area contributed by atoms with Gasteiger partial charge in [-0.15, -0.1) is 5.10 Å². The number of likely N-dealkylation sites (N-methyl/N-ethyl adjacent to an activating group) is 1. The Bertz CT molecular complexity index is 1100. The number of hydrogen-bond donors (Lipinski definition) is 1. The molecule has 0 saturated carbocycles. The first-order chi connectivity index (χ1) is 13.6. The second kappa shape index (κ2) is 7.56. The minimum atomic E-state index is 0.221. The first-order valence-electron chi connectivity index (χ1n) is 9.68. The van der Waals surface area contributed by atoms with Gasteiger partial charge in [0.05, 0.1) is 11.6 Å². The molecule has 0 bridgehead atoms. The molecular formula is C22H26N6. The van der Waals surface area contributed by atoms with Crippen LogP contribution in [0.25, 0.3) is 16.6 Å². The first-order valence-corrected chi connectivity index (χ1v) is 9.68. The zero-order valence-corrected chi connectivity index (χ0v) is 16.8. The Balaban J connectivity index is 1.67. The van der Waals surface area contributed by atoms with Crippen molar-refractivity contribution < 1.29 is 0 Å². The van der Waals surface area contributed by atoms with E-state index >= 15 is 0 Å². The number of anilines is 1. The summed E-state index contributed by atoms with van der Waals surface area (Å²) in [6.07, 6.45) is 1.05. The maximum absolute atomic E-state index is 4.80. The van der Waals surface area contributed by atoms with E-state index in [1.807, 2.05) is 35.7 Å². The van der Waals surface area contributed by atoms with E-state index in [-0.39, 0.29) is 6.04 Å². The van der Waals surface area contributed by atoms with Crippen molar-refractivity contribution in [3.05, 3.63) is 65.5 Å². The van der Waals surface area contributed by atoms with Crippen molar-refractivity contribution >= 4 is 22.5 Å². The van der Waals surface area contributed by atoms with Gasteiger partial charge in [-0.25, -0.2) is 9.97 Å². The highest BCUT2D eigenvalue weighted by Gasteiger charge is 2.17. The summed E-state index contributed by atoms with van der Waals surface area (Å²) < 4.78 is 1.81. The Labute approximate surface area is 165 Å². The molecule has 144 valence electrons.